The van der Waals surface area contributed by atoms with Gasteiger partial charge in [-0.1, -0.05) is 39.8 Å². The van der Waals surface area contributed by atoms with Crippen LogP contribution >= 0.6 is 0 Å². The minimum Gasteiger partial charge on any atom is -0.496 e. The first-order chi connectivity index (χ1) is 8.01. The van der Waals surface area contributed by atoms with E-state index in [-0.39, 0.29) is 0 Å². The lowest BCUT2D eigenvalue weighted by molar-refractivity contribution is 0.400. The number of hydrogen-bond donors (Lipinski definition) is 1. The van der Waals surface area contributed by atoms with Crippen molar-refractivity contribution in [2.45, 2.75) is 46.0 Å². The fourth-order valence-electron chi connectivity index (χ4n) is 2.14. The first kappa shape index (κ1) is 14.0. The average Bonchev–Trinajstić information content (AvgIpc) is 2.28. The maximum atomic E-state index is 5.65. The van der Waals surface area contributed by atoms with Crippen LogP contribution in [-0.4, -0.2) is 13.7 Å². The number of ether oxygens (including phenoxy) is 1. The number of benzene rings is 1. The maximum absolute atomic E-state index is 5.65. The Morgan fingerprint density at radius 2 is 1.53 bits per heavy atom. The van der Waals surface area contributed by atoms with Crippen LogP contribution in [0.5, 0.6) is 5.75 Å². The minimum atomic E-state index is 0.472. The summed E-state index contributed by atoms with van der Waals surface area (Å²) in [7, 11) is 1.76. The molecular formula is C15H25NO. The monoisotopic (exact) mass is 235 g/mol. The summed E-state index contributed by atoms with van der Waals surface area (Å²) in [5.74, 6) is 2.00. The smallest absolute Gasteiger partial charge is 0.125 e. The molecule has 0 fully saturated rings. The van der Waals surface area contributed by atoms with Crippen LogP contribution in [0.25, 0.3) is 0 Å². The summed E-state index contributed by atoms with van der Waals surface area (Å²) >= 11 is 0. The largest absolute Gasteiger partial charge is 0.496 e. The van der Waals surface area contributed by atoms with Crippen LogP contribution in [-0.2, 0) is 6.42 Å². The van der Waals surface area contributed by atoms with E-state index >= 15 is 0 Å². The fraction of sp³-hybridized carbons (Fsp3) is 0.600. The fourth-order valence-corrected chi connectivity index (χ4v) is 2.14. The molecule has 1 aromatic rings. The van der Waals surface area contributed by atoms with Gasteiger partial charge in [0.05, 0.1) is 7.11 Å². The van der Waals surface area contributed by atoms with Gasteiger partial charge < -0.3 is 10.5 Å². The third-order valence-corrected chi connectivity index (χ3v) is 3.09. The SMILES string of the molecule is COc1c(C(C)C)cc(CCN)cc1C(C)C. The van der Waals surface area contributed by atoms with Crippen molar-refractivity contribution in [2.75, 3.05) is 13.7 Å². The number of rotatable bonds is 5. The molecule has 0 spiro atoms. The van der Waals surface area contributed by atoms with Crippen molar-refractivity contribution in [3.8, 4) is 5.75 Å². The zero-order valence-corrected chi connectivity index (χ0v) is 11.7. The van der Waals surface area contributed by atoms with Crippen molar-refractivity contribution in [1.29, 1.82) is 0 Å². The Bertz CT molecular complexity index is 340. The summed E-state index contributed by atoms with van der Waals surface area (Å²) in [5.41, 5.74) is 9.56. The number of nitrogens with two attached hydrogens (primary N) is 1. The summed E-state index contributed by atoms with van der Waals surface area (Å²) in [4.78, 5) is 0. The van der Waals surface area contributed by atoms with Crippen molar-refractivity contribution in [1.82, 2.24) is 0 Å². The molecule has 0 saturated carbocycles. The second-order valence-corrected chi connectivity index (χ2v) is 5.16. The summed E-state index contributed by atoms with van der Waals surface area (Å²) in [6, 6.07) is 4.48. The number of hydrogen-bond acceptors (Lipinski definition) is 2. The molecule has 0 radical (unpaired) electrons. The first-order valence-electron chi connectivity index (χ1n) is 6.42. The Balaban J connectivity index is 3.35. The van der Waals surface area contributed by atoms with Gasteiger partial charge in [-0.05, 0) is 41.5 Å². The molecule has 0 aliphatic carbocycles. The van der Waals surface area contributed by atoms with Crippen molar-refractivity contribution < 1.29 is 4.74 Å². The predicted octanol–water partition coefficient (Wildman–Crippen LogP) is 3.44. The van der Waals surface area contributed by atoms with E-state index in [2.05, 4.69) is 39.8 Å². The Kier molecular flexibility index (Phi) is 5.01. The molecule has 0 aliphatic rings. The molecule has 96 valence electrons. The van der Waals surface area contributed by atoms with Gasteiger partial charge in [-0.15, -0.1) is 0 Å². The van der Waals surface area contributed by atoms with E-state index in [1.165, 1.54) is 16.7 Å². The van der Waals surface area contributed by atoms with Crippen LogP contribution in [0.3, 0.4) is 0 Å². The molecule has 1 rings (SSSR count). The van der Waals surface area contributed by atoms with Crippen molar-refractivity contribution >= 4 is 0 Å². The minimum absolute atomic E-state index is 0.472. The summed E-state index contributed by atoms with van der Waals surface area (Å²) in [5, 5.41) is 0. The third kappa shape index (κ3) is 3.22. The highest BCUT2D eigenvalue weighted by atomic mass is 16.5. The second kappa shape index (κ2) is 6.06. The van der Waals surface area contributed by atoms with Gasteiger partial charge >= 0.3 is 0 Å². The van der Waals surface area contributed by atoms with Gasteiger partial charge in [0.1, 0.15) is 5.75 Å². The topological polar surface area (TPSA) is 35.2 Å². The van der Waals surface area contributed by atoms with Gasteiger partial charge in [0.15, 0.2) is 0 Å². The Morgan fingerprint density at radius 1 is 1.06 bits per heavy atom. The van der Waals surface area contributed by atoms with Gasteiger partial charge in [-0.3, -0.25) is 0 Å². The van der Waals surface area contributed by atoms with E-state index in [1.807, 2.05) is 0 Å². The summed E-state index contributed by atoms with van der Waals surface area (Å²) in [6.45, 7) is 9.51. The lowest BCUT2D eigenvalue weighted by Gasteiger charge is -2.20. The molecule has 2 nitrogen and oxygen atoms in total. The average molecular weight is 235 g/mol. The molecule has 0 bridgehead atoms. The van der Waals surface area contributed by atoms with E-state index in [1.54, 1.807) is 7.11 Å². The van der Waals surface area contributed by atoms with Gasteiger partial charge in [-0.2, -0.15) is 0 Å². The Labute approximate surface area is 105 Å². The molecule has 1 aromatic carbocycles. The van der Waals surface area contributed by atoms with Crippen LogP contribution in [0.15, 0.2) is 12.1 Å². The molecule has 0 atom stereocenters. The lowest BCUT2D eigenvalue weighted by Crippen LogP contribution is -2.07. The van der Waals surface area contributed by atoms with Crippen LogP contribution in [0.2, 0.25) is 0 Å². The molecule has 0 aliphatic heterocycles. The molecular weight excluding hydrogens is 210 g/mol. The van der Waals surface area contributed by atoms with E-state index in [0.717, 1.165) is 12.2 Å². The lowest BCUT2D eigenvalue weighted by atomic mass is 9.90. The van der Waals surface area contributed by atoms with E-state index < -0.39 is 0 Å². The van der Waals surface area contributed by atoms with E-state index in [4.69, 9.17) is 10.5 Å². The third-order valence-electron chi connectivity index (χ3n) is 3.09. The van der Waals surface area contributed by atoms with Gasteiger partial charge in [0.2, 0.25) is 0 Å². The Hall–Kier alpha value is -1.02. The normalized spacial score (nSPS) is 11.3. The van der Waals surface area contributed by atoms with Crippen LogP contribution in [0.4, 0.5) is 0 Å². The zero-order chi connectivity index (χ0) is 13.0. The van der Waals surface area contributed by atoms with Crippen LogP contribution in [0.1, 0.15) is 56.2 Å². The molecule has 0 amide bonds. The first-order valence-corrected chi connectivity index (χ1v) is 6.42. The van der Waals surface area contributed by atoms with Gasteiger partial charge in [0.25, 0.3) is 0 Å². The standard InChI is InChI=1S/C15H25NO/c1-10(2)13-8-12(6-7-16)9-14(11(3)4)15(13)17-5/h8-11H,6-7,16H2,1-5H3. The van der Waals surface area contributed by atoms with Crippen molar-refractivity contribution in [3.05, 3.63) is 28.8 Å². The highest BCUT2D eigenvalue weighted by molar-refractivity contribution is 5.47. The van der Waals surface area contributed by atoms with Crippen LogP contribution in [0, 0.1) is 0 Å². The van der Waals surface area contributed by atoms with Gasteiger partial charge in [-0.25, -0.2) is 0 Å². The molecule has 0 heterocycles. The molecule has 0 aromatic heterocycles. The molecule has 0 unspecified atom stereocenters. The summed E-state index contributed by atoms with van der Waals surface area (Å²) in [6.07, 6.45) is 0.934. The highest BCUT2D eigenvalue weighted by Crippen LogP contribution is 2.35. The quantitative estimate of drug-likeness (QED) is 0.848. The van der Waals surface area contributed by atoms with Crippen molar-refractivity contribution in [3.63, 3.8) is 0 Å². The zero-order valence-electron chi connectivity index (χ0n) is 11.7. The summed E-state index contributed by atoms with van der Waals surface area (Å²) < 4.78 is 5.60. The van der Waals surface area contributed by atoms with Crippen molar-refractivity contribution in [2.24, 2.45) is 5.73 Å². The molecule has 0 saturated heterocycles. The molecule has 17 heavy (non-hydrogen) atoms. The van der Waals surface area contributed by atoms with E-state index in [9.17, 15) is 0 Å². The molecule has 2 heteroatoms. The molecule has 2 N–H and O–H groups in total. The second-order valence-electron chi connectivity index (χ2n) is 5.16. The van der Waals surface area contributed by atoms with Crippen LogP contribution < -0.4 is 10.5 Å². The van der Waals surface area contributed by atoms with E-state index in [0.29, 0.717) is 18.4 Å². The number of methoxy groups -OCH3 is 1. The van der Waals surface area contributed by atoms with Gasteiger partial charge in [0, 0.05) is 0 Å². The highest BCUT2D eigenvalue weighted by Gasteiger charge is 2.16. The maximum Gasteiger partial charge on any atom is 0.125 e. The Morgan fingerprint density at radius 3 is 1.82 bits per heavy atom. The predicted molar refractivity (Wildman–Crippen MR) is 73.9 cm³/mol.